The fourth-order valence-corrected chi connectivity index (χ4v) is 0. The zero-order valence-corrected chi connectivity index (χ0v) is 5.95. The molecule has 0 saturated heterocycles. The normalized spacial score (nSPS) is 0. The van der Waals surface area contributed by atoms with Crippen molar-refractivity contribution in [2.24, 2.45) is 0 Å². The fourth-order valence-electron chi connectivity index (χ4n) is 0. The zero-order valence-electron chi connectivity index (χ0n) is 2.40. The van der Waals surface area contributed by atoms with Gasteiger partial charge in [-0.05, 0) is 0 Å². The van der Waals surface area contributed by atoms with Crippen LogP contribution in [0.2, 0.25) is 0 Å². The van der Waals surface area contributed by atoms with Crippen LogP contribution in [0, 0.1) is 38.6 Å². The van der Waals surface area contributed by atoms with Crippen molar-refractivity contribution in [1.29, 1.82) is 0 Å². The minimum atomic E-state index is 0. The summed E-state index contributed by atoms with van der Waals surface area (Å²) in [6, 6.07) is 0. The van der Waals surface area contributed by atoms with Crippen molar-refractivity contribution in [1.82, 2.24) is 0 Å². The van der Waals surface area contributed by atoms with Gasteiger partial charge in [0.1, 0.15) is 0 Å². The van der Waals surface area contributed by atoms with Crippen LogP contribution >= 0.6 is 9.90 Å². The molecular weight excluding hydrogens is 238 g/mol. The van der Waals surface area contributed by atoms with Crippen molar-refractivity contribution >= 4 is 9.90 Å². The van der Waals surface area contributed by atoms with Gasteiger partial charge < -0.3 is 16.4 Å². The van der Waals surface area contributed by atoms with Crippen LogP contribution < -0.4 is 0 Å². The standard InChI is InChI=1S/2H2O.O.H3P.Tb/h2*1H2;;1H3;/q;;-2;;+3/p-1. The second-order valence-corrected chi connectivity index (χ2v) is 0. The minimum Gasteiger partial charge on any atom is -2.00 e. The minimum absolute atomic E-state index is 0. The quantitative estimate of drug-likeness (QED) is 0.499. The topological polar surface area (TPSA) is 90.0 Å². The Morgan fingerprint density at radius 3 is 1.00 bits per heavy atom. The summed E-state index contributed by atoms with van der Waals surface area (Å²) >= 11 is 0. The summed E-state index contributed by atoms with van der Waals surface area (Å²) in [5.41, 5.74) is 0. The van der Waals surface area contributed by atoms with Crippen molar-refractivity contribution in [3.63, 3.8) is 0 Å². The van der Waals surface area contributed by atoms with Crippen LogP contribution in [0.15, 0.2) is 0 Å². The van der Waals surface area contributed by atoms with Crippen molar-refractivity contribution in [3.8, 4) is 0 Å². The van der Waals surface area contributed by atoms with Gasteiger partial charge in [-0.15, -0.1) is 0 Å². The monoisotopic (exact) mass is 244 g/mol. The third-order valence-electron chi connectivity index (χ3n) is 0. The zero-order chi connectivity index (χ0) is 0. The molecule has 3 N–H and O–H groups in total. The largest absolute Gasteiger partial charge is 3.00 e. The Kier molecular flexibility index (Phi) is 753. The summed E-state index contributed by atoms with van der Waals surface area (Å²) < 4.78 is 0. The Bertz CT molecular complexity index is 6.85. The number of hydrogen-bond donors (Lipinski definition) is 0. The van der Waals surface area contributed by atoms with Crippen molar-refractivity contribution in [3.05, 3.63) is 0 Å². The average molecular weight is 244 g/mol. The molecule has 38 valence electrons. The van der Waals surface area contributed by atoms with Crippen LogP contribution in [0.4, 0.5) is 0 Å². The van der Waals surface area contributed by atoms with Gasteiger partial charge in [-0.1, -0.05) is 0 Å². The summed E-state index contributed by atoms with van der Waals surface area (Å²) in [6.07, 6.45) is 0. The van der Waals surface area contributed by atoms with E-state index in [2.05, 4.69) is 0 Å². The molecule has 0 rings (SSSR count). The Labute approximate surface area is 64.5 Å². The second kappa shape index (κ2) is 46.4. The Balaban J connectivity index is 0. The molecule has 5 heavy (non-hydrogen) atoms. The van der Waals surface area contributed by atoms with Crippen molar-refractivity contribution < 1.29 is 55.0 Å². The van der Waals surface area contributed by atoms with E-state index in [0.29, 0.717) is 0 Å². The summed E-state index contributed by atoms with van der Waals surface area (Å²) in [6.45, 7) is 0. The average Bonchev–Trinajstić information content (AvgIpc) is 0. The number of rotatable bonds is 0. The van der Waals surface area contributed by atoms with Gasteiger partial charge in [-0.2, -0.15) is 9.90 Å². The molecule has 3 nitrogen and oxygen atoms in total. The van der Waals surface area contributed by atoms with E-state index in [9.17, 15) is 0 Å². The van der Waals surface area contributed by atoms with E-state index >= 15 is 0 Å². The maximum absolute atomic E-state index is 0. The van der Waals surface area contributed by atoms with E-state index in [1.165, 1.54) is 0 Å². The SMILES string of the molecule is O.P.[O-2].[OH-].[Tb+3]. The van der Waals surface area contributed by atoms with E-state index in [4.69, 9.17) is 0 Å². The molecule has 0 aliphatic carbocycles. The Morgan fingerprint density at radius 1 is 1.00 bits per heavy atom. The van der Waals surface area contributed by atoms with Crippen LogP contribution in [0.3, 0.4) is 0 Å². The van der Waals surface area contributed by atoms with Gasteiger partial charge in [-0.25, -0.2) is 0 Å². The maximum Gasteiger partial charge on any atom is 3.00 e. The van der Waals surface area contributed by atoms with Gasteiger partial charge in [0.15, 0.2) is 0 Å². The first-order chi connectivity index (χ1) is 0. The molecule has 0 saturated carbocycles. The molecule has 5 heteroatoms. The second-order valence-electron chi connectivity index (χ2n) is 0. The predicted molar refractivity (Wildman–Crippen MR) is 17.3 cm³/mol. The Morgan fingerprint density at radius 2 is 1.00 bits per heavy atom. The van der Waals surface area contributed by atoms with Crippen molar-refractivity contribution in [2.45, 2.75) is 0 Å². The van der Waals surface area contributed by atoms with Crippen LogP contribution in [0.25, 0.3) is 0 Å². The third kappa shape index (κ3) is 28.4. The first-order valence-electron chi connectivity index (χ1n) is 0. The van der Waals surface area contributed by atoms with Crippen LogP contribution in [-0.2, 0) is 5.48 Å². The van der Waals surface area contributed by atoms with E-state index in [1.54, 1.807) is 0 Å². The molecular formula is H6O3PTb. The van der Waals surface area contributed by atoms with Crippen molar-refractivity contribution in [2.75, 3.05) is 0 Å². The molecule has 0 aromatic carbocycles. The van der Waals surface area contributed by atoms with Gasteiger partial charge >= 0.3 is 38.6 Å². The molecule has 0 radical (unpaired) electrons. The predicted octanol–water partition coefficient (Wildman–Crippen LogP) is -1.06. The molecule has 0 amide bonds. The van der Waals surface area contributed by atoms with Crippen LogP contribution in [-0.4, -0.2) is 11.0 Å². The molecule has 0 aliphatic rings. The van der Waals surface area contributed by atoms with E-state index < -0.39 is 0 Å². The molecule has 1 atom stereocenters. The maximum atomic E-state index is 0. The number of hydrogen-bond acceptors (Lipinski definition) is 1. The van der Waals surface area contributed by atoms with E-state index in [0.717, 1.165) is 0 Å². The van der Waals surface area contributed by atoms with Gasteiger partial charge in [0.25, 0.3) is 0 Å². The fraction of sp³-hybridized carbons (Fsp3) is 0. The molecule has 0 aliphatic heterocycles. The first-order valence-corrected chi connectivity index (χ1v) is 0. The summed E-state index contributed by atoms with van der Waals surface area (Å²) in [5.74, 6) is 0. The van der Waals surface area contributed by atoms with Crippen LogP contribution in [0.5, 0.6) is 0 Å². The molecule has 0 bridgehead atoms. The summed E-state index contributed by atoms with van der Waals surface area (Å²) in [4.78, 5) is 0. The molecule has 1 unspecified atom stereocenters. The van der Waals surface area contributed by atoms with Gasteiger partial charge in [0.2, 0.25) is 0 Å². The van der Waals surface area contributed by atoms with Gasteiger partial charge in [-0.3, -0.25) is 0 Å². The Hall–Kier alpha value is 1.60. The van der Waals surface area contributed by atoms with E-state index in [1.807, 2.05) is 0 Å². The molecule has 0 aromatic heterocycles. The first kappa shape index (κ1) is 81.1. The van der Waals surface area contributed by atoms with Crippen LogP contribution in [0.1, 0.15) is 0 Å². The smallest absolute Gasteiger partial charge is 2.00 e. The molecule has 0 heterocycles. The molecule has 0 spiro atoms. The summed E-state index contributed by atoms with van der Waals surface area (Å²) in [7, 11) is 0. The molecule has 0 aromatic rings. The summed E-state index contributed by atoms with van der Waals surface area (Å²) in [5, 5.41) is 0. The van der Waals surface area contributed by atoms with E-state index in [-0.39, 0.29) is 64.9 Å². The third-order valence-corrected chi connectivity index (χ3v) is 0. The van der Waals surface area contributed by atoms with Gasteiger partial charge in [0.05, 0.1) is 0 Å². The van der Waals surface area contributed by atoms with Gasteiger partial charge in [0, 0.05) is 0 Å². The molecule has 0 fully saturated rings.